The molecule has 0 saturated carbocycles. The van der Waals surface area contributed by atoms with Gasteiger partial charge in [0.2, 0.25) is 5.82 Å². The number of aromatic nitrogens is 3. The summed E-state index contributed by atoms with van der Waals surface area (Å²) in [6.07, 6.45) is 1.66. The Balaban J connectivity index is 1.86. The van der Waals surface area contributed by atoms with Gasteiger partial charge in [0, 0.05) is 11.6 Å². The minimum Gasteiger partial charge on any atom is -0.507 e. The quantitative estimate of drug-likeness (QED) is 0.610. The third-order valence-corrected chi connectivity index (χ3v) is 3.50. The predicted octanol–water partition coefficient (Wildman–Crippen LogP) is 3.80. The standard InChI is InChI=1S/C17H10FN3O2/c18-11-5-6-14(22)13(9-11)17-20-16(21-23-17)15-12-4-2-1-3-10(12)7-8-19-15/h1-9,22H. The van der Waals surface area contributed by atoms with Crippen molar-refractivity contribution in [3.63, 3.8) is 0 Å². The molecular formula is C17H10FN3O2. The number of benzene rings is 2. The average Bonchev–Trinajstić information content (AvgIpc) is 3.06. The molecule has 1 N–H and O–H groups in total. The van der Waals surface area contributed by atoms with Crippen molar-refractivity contribution in [1.82, 2.24) is 15.1 Å². The van der Waals surface area contributed by atoms with Crippen molar-refractivity contribution in [2.24, 2.45) is 0 Å². The second kappa shape index (κ2) is 5.17. The Morgan fingerprint density at radius 2 is 1.91 bits per heavy atom. The molecule has 0 fully saturated rings. The summed E-state index contributed by atoms with van der Waals surface area (Å²) < 4.78 is 18.5. The van der Waals surface area contributed by atoms with Crippen LogP contribution in [0.2, 0.25) is 0 Å². The maximum atomic E-state index is 13.4. The maximum Gasteiger partial charge on any atom is 0.262 e. The van der Waals surface area contributed by atoms with E-state index >= 15 is 0 Å². The van der Waals surface area contributed by atoms with Crippen molar-refractivity contribution in [2.75, 3.05) is 0 Å². The van der Waals surface area contributed by atoms with E-state index in [1.165, 1.54) is 6.07 Å². The molecule has 0 aliphatic rings. The van der Waals surface area contributed by atoms with Gasteiger partial charge in [-0.15, -0.1) is 0 Å². The van der Waals surface area contributed by atoms with E-state index in [1.54, 1.807) is 6.20 Å². The van der Waals surface area contributed by atoms with Gasteiger partial charge in [-0.25, -0.2) is 4.39 Å². The highest BCUT2D eigenvalue weighted by Crippen LogP contribution is 2.31. The highest BCUT2D eigenvalue weighted by Gasteiger charge is 2.17. The van der Waals surface area contributed by atoms with E-state index < -0.39 is 5.82 Å². The SMILES string of the molecule is Oc1ccc(F)cc1-c1nc(-c2nccc3ccccc23)no1. The third kappa shape index (κ3) is 2.30. The number of phenolic OH excluding ortho intramolecular Hbond substituents is 1. The molecule has 2 aromatic carbocycles. The zero-order chi connectivity index (χ0) is 15.8. The molecule has 4 rings (SSSR count). The highest BCUT2D eigenvalue weighted by molar-refractivity contribution is 5.92. The topological polar surface area (TPSA) is 72.0 Å². The van der Waals surface area contributed by atoms with Crippen LogP contribution in [0.15, 0.2) is 59.3 Å². The van der Waals surface area contributed by atoms with Gasteiger partial charge in [-0.2, -0.15) is 4.98 Å². The second-order valence-electron chi connectivity index (χ2n) is 4.97. The number of pyridine rings is 1. The van der Waals surface area contributed by atoms with Crippen LogP contribution >= 0.6 is 0 Å². The van der Waals surface area contributed by atoms with E-state index in [2.05, 4.69) is 15.1 Å². The summed E-state index contributed by atoms with van der Waals surface area (Å²) >= 11 is 0. The molecule has 0 amide bonds. The molecule has 6 heteroatoms. The number of aromatic hydroxyl groups is 1. The van der Waals surface area contributed by atoms with Crippen LogP contribution in [0.1, 0.15) is 0 Å². The van der Waals surface area contributed by atoms with Gasteiger partial charge in [-0.3, -0.25) is 4.98 Å². The second-order valence-corrected chi connectivity index (χ2v) is 4.97. The van der Waals surface area contributed by atoms with Crippen molar-refractivity contribution in [2.45, 2.75) is 0 Å². The number of halogens is 1. The monoisotopic (exact) mass is 307 g/mol. The smallest absolute Gasteiger partial charge is 0.262 e. The molecule has 23 heavy (non-hydrogen) atoms. The van der Waals surface area contributed by atoms with Gasteiger partial charge in [0.15, 0.2) is 0 Å². The maximum absolute atomic E-state index is 13.4. The molecule has 0 aliphatic carbocycles. The molecule has 0 saturated heterocycles. The molecule has 0 bridgehead atoms. The summed E-state index contributed by atoms with van der Waals surface area (Å²) in [4.78, 5) is 8.54. The molecule has 2 aromatic heterocycles. The molecule has 0 unspecified atom stereocenters. The van der Waals surface area contributed by atoms with Crippen LogP contribution in [0.4, 0.5) is 4.39 Å². The molecule has 5 nitrogen and oxygen atoms in total. The predicted molar refractivity (Wildman–Crippen MR) is 82.1 cm³/mol. The number of fused-ring (bicyclic) bond motifs is 1. The fourth-order valence-electron chi connectivity index (χ4n) is 2.41. The van der Waals surface area contributed by atoms with Crippen LogP contribution in [0, 0.1) is 5.82 Å². The van der Waals surface area contributed by atoms with Crippen molar-refractivity contribution < 1.29 is 14.0 Å². The first-order chi connectivity index (χ1) is 11.2. The number of hydrogen-bond donors (Lipinski definition) is 1. The summed E-state index contributed by atoms with van der Waals surface area (Å²) in [5, 5.41) is 15.6. The van der Waals surface area contributed by atoms with E-state index in [-0.39, 0.29) is 23.0 Å². The fourth-order valence-corrected chi connectivity index (χ4v) is 2.41. The lowest BCUT2D eigenvalue weighted by Crippen LogP contribution is -1.88. The normalized spacial score (nSPS) is 11.0. The highest BCUT2D eigenvalue weighted by atomic mass is 19.1. The first kappa shape index (κ1) is 13.4. The van der Waals surface area contributed by atoms with E-state index in [0.717, 1.165) is 22.9 Å². The number of rotatable bonds is 2. The van der Waals surface area contributed by atoms with E-state index in [0.29, 0.717) is 5.69 Å². The minimum atomic E-state index is -0.499. The van der Waals surface area contributed by atoms with Gasteiger partial charge in [-0.05, 0) is 29.7 Å². The van der Waals surface area contributed by atoms with Crippen LogP contribution in [0.3, 0.4) is 0 Å². The number of hydrogen-bond acceptors (Lipinski definition) is 5. The Hall–Kier alpha value is -3.28. The zero-order valence-corrected chi connectivity index (χ0v) is 11.8. The van der Waals surface area contributed by atoms with Gasteiger partial charge in [-0.1, -0.05) is 29.4 Å². The number of nitrogens with zero attached hydrogens (tertiary/aromatic N) is 3. The fraction of sp³-hybridized carbons (Fsp3) is 0. The largest absolute Gasteiger partial charge is 0.507 e. The molecule has 0 atom stereocenters. The molecule has 0 aliphatic heterocycles. The van der Waals surface area contributed by atoms with Gasteiger partial charge in [0.1, 0.15) is 17.3 Å². The number of phenols is 1. The Morgan fingerprint density at radius 1 is 1.04 bits per heavy atom. The Bertz CT molecular complexity index is 1010. The molecule has 4 aromatic rings. The summed E-state index contributed by atoms with van der Waals surface area (Å²) in [6, 6.07) is 13.1. The van der Waals surface area contributed by atoms with Gasteiger partial charge in [0.05, 0.1) is 5.56 Å². The molecule has 0 spiro atoms. The van der Waals surface area contributed by atoms with Crippen LogP contribution in [-0.2, 0) is 0 Å². The molecule has 0 radical (unpaired) electrons. The lowest BCUT2D eigenvalue weighted by atomic mass is 10.1. The third-order valence-electron chi connectivity index (χ3n) is 3.50. The van der Waals surface area contributed by atoms with Crippen LogP contribution < -0.4 is 0 Å². The van der Waals surface area contributed by atoms with Gasteiger partial charge < -0.3 is 9.63 Å². The molecular weight excluding hydrogens is 297 g/mol. The lowest BCUT2D eigenvalue weighted by Gasteiger charge is -2.00. The molecule has 112 valence electrons. The van der Waals surface area contributed by atoms with E-state index in [9.17, 15) is 9.50 Å². The summed E-state index contributed by atoms with van der Waals surface area (Å²) in [6.45, 7) is 0. The minimum absolute atomic E-state index is 0.0340. The van der Waals surface area contributed by atoms with E-state index in [1.807, 2.05) is 30.3 Å². The zero-order valence-electron chi connectivity index (χ0n) is 11.8. The van der Waals surface area contributed by atoms with Gasteiger partial charge in [0.25, 0.3) is 5.89 Å². The van der Waals surface area contributed by atoms with Crippen molar-refractivity contribution >= 4 is 10.8 Å². The Kier molecular flexibility index (Phi) is 3.01. The lowest BCUT2D eigenvalue weighted by molar-refractivity contribution is 0.425. The first-order valence-electron chi connectivity index (χ1n) is 6.89. The van der Waals surface area contributed by atoms with Crippen LogP contribution in [0.25, 0.3) is 33.7 Å². The van der Waals surface area contributed by atoms with Crippen molar-refractivity contribution in [1.29, 1.82) is 0 Å². The Morgan fingerprint density at radius 3 is 2.83 bits per heavy atom. The summed E-state index contributed by atoms with van der Waals surface area (Å²) in [5.74, 6) is -0.319. The summed E-state index contributed by atoms with van der Waals surface area (Å²) in [7, 11) is 0. The Labute approximate surface area is 130 Å². The van der Waals surface area contributed by atoms with Crippen molar-refractivity contribution in [3.05, 3.63) is 60.5 Å². The van der Waals surface area contributed by atoms with E-state index in [4.69, 9.17) is 4.52 Å². The van der Waals surface area contributed by atoms with Crippen LogP contribution in [-0.4, -0.2) is 20.2 Å². The van der Waals surface area contributed by atoms with Crippen molar-refractivity contribution in [3.8, 4) is 28.7 Å². The molecule has 2 heterocycles. The average molecular weight is 307 g/mol. The van der Waals surface area contributed by atoms with Crippen LogP contribution in [0.5, 0.6) is 5.75 Å². The first-order valence-corrected chi connectivity index (χ1v) is 6.89. The summed E-state index contributed by atoms with van der Waals surface area (Å²) in [5.41, 5.74) is 0.706. The van der Waals surface area contributed by atoms with Gasteiger partial charge >= 0.3 is 0 Å².